The highest BCUT2D eigenvalue weighted by atomic mass is 32.2. The van der Waals surface area contributed by atoms with Crippen molar-refractivity contribution < 1.29 is 9.72 Å². The highest BCUT2D eigenvalue weighted by Crippen LogP contribution is 2.38. The van der Waals surface area contributed by atoms with Crippen molar-refractivity contribution in [1.29, 1.82) is 0 Å². The third-order valence-corrected chi connectivity index (χ3v) is 5.00. The molecule has 0 aliphatic heterocycles. The number of nitrogens with two attached hydrogens (primary N) is 2. The summed E-state index contributed by atoms with van der Waals surface area (Å²) in [5.74, 6) is -1.07. The van der Waals surface area contributed by atoms with Crippen molar-refractivity contribution in [1.82, 2.24) is 0 Å². The Kier molecular flexibility index (Phi) is 5.99. The monoisotopic (exact) mass is 372 g/mol. The van der Waals surface area contributed by atoms with Gasteiger partial charge in [-0.05, 0) is 43.5 Å². The molecule has 7 nitrogen and oxygen atoms in total. The summed E-state index contributed by atoms with van der Waals surface area (Å²) in [6, 6.07) is 8.82. The molecule has 0 atom stereocenters. The Balaban J connectivity index is 2.57. The maximum Gasteiger partial charge on any atom is 0.284 e. The van der Waals surface area contributed by atoms with Crippen LogP contribution in [0.1, 0.15) is 34.0 Å². The van der Waals surface area contributed by atoms with Crippen molar-refractivity contribution in [2.75, 3.05) is 0 Å². The number of aliphatic imine (C=N–C) groups is 1. The molecule has 0 unspecified atom stereocenters. The minimum absolute atomic E-state index is 0.137. The molecule has 8 heteroatoms. The van der Waals surface area contributed by atoms with Gasteiger partial charge in [0, 0.05) is 11.0 Å². The Morgan fingerprint density at radius 1 is 1.19 bits per heavy atom. The molecule has 0 fully saturated rings. The van der Waals surface area contributed by atoms with Crippen molar-refractivity contribution >= 4 is 29.3 Å². The van der Waals surface area contributed by atoms with Gasteiger partial charge in [-0.2, -0.15) is 4.99 Å². The van der Waals surface area contributed by atoms with Crippen LogP contribution in [0.2, 0.25) is 0 Å². The first-order chi connectivity index (χ1) is 12.2. The Labute approximate surface area is 155 Å². The number of amides is 1. The summed E-state index contributed by atoms with van der Waals surface area (Å²) in [6.45, 7) is 5.81. The molecular weight excluding hydrogens is 352 g/mol. The van der Waals surface area contributed by atoms with E-state index in [1.165, 1.54) is 17.8 Å². The highest BCUT2D eigenvalue weighted by Gasteiger charge is 2.22. The van der Waals surface area contributed by atoms with E-state index in [9.17, 15) is 14.9 Å². The number of nitro benzene ring substituents is 1. The van der Waals surface area contributed by atoms with E-state index < -0.39 is 10.8 Å². The molecular formula is C18H20N4O3S. The summed E-state index contributed by atoms with van der Waals surface area (Å²) in [4.78, 5) is 28.1. The number of carbonyl (C=O) groups excluding carboxylic acids is 1. The van der Waals surface area contributed by atoms with E-state index in [1.807, 2.05) is 39.0 Å². The smallest absolute Gasteiger partial charge is 0.284 e. The molecule has 0 saturated heterocycles. The first-order valence-electron chi connectivity index (χ1n) is 7.93. The topological polar surface area (TPSA) is 125 Å². The van der Waals surface area contributed by atoms with Gasteiger partial charge in [0.25, 0.3) is 11.6 Å². The van der Waals surface area contributed by atoms with Crippen molar-refractivity contribution in [3.63, 3.8) is 0 Å². The van der Waals surface area contributed by atoms with E-state index in [4.69, 9.17) is 11.5 Å². The van der Waals surface area contributed by atoms with Crippen LogP contribution >= 0.6 is 11.8 Å². The van der Waals surface area contributed by atoms with Crippen LogP contribution in [0.4, 0.5) is 5.69 Å². The van der Waals surface area contributed by atoms with Gasteiger partial charge in [-0.3, -0.25) is 14.9 Å². The molecule has 2 aromatic carbocycles. The van der Waals surface area contributed by atoms with Gasteiger partial charge in [-0.1, -0.05) is 36.4 Å². The number of nitro groups is 1. The van der Waals surface area contributed by atoms with E-state index in [-0.39, 0.29) is 17.2 Å². The number of nitrogens with zero attached hydrogens (tertiary/aromatic N) is 2. The maximum absolute atomic E-state index is 12.2. The second kappa shape index (κ2) is 8.01. The van der Waals surface area contributed by atoms with Gasteiger partial charge < -0.3 is 11.5 Å². The van der Waals surface area contributed by atoms with E-state index in [0.29, 0.717) is 16.9 Å². The lowest BCUT2D eigenvalue weighted by Crippen LogP contribution is -2.24. The van der Waals surface area contributed by atoms with E-state index >= 15 is 0 Å². The maximum atomic E-state index is 12.2. The first-order valence-corrected chi connectivity index (χ1v) is 8.75. The van der Waals surface area contributed by atoms with Gasteiger partial charge in [-0.25, -0.2) is 0 Å². The fourth-order valence-electron chi connectivity index (χ4n) is 2.54. The van der Waals surface area contributed by atoms with Gasteiger partial charge in [0.15, 0.2) is 5.96 Å². The summed E-state index contributed by atoms with van der Waals surface area (Å²) in [7, 11) is 0. The van der Waals surface area contributed by atoms with Gasteiger partial charge in [0.2, 0.25) is 0 Å². The van der Waals surface area contributed by atoms with Crippen molar-refractivity contribution in [3.8, 4) is 0 Å². The molecule has 1 amide bonds. The van der Waals surface area contributed by atoms with Crippen LogP contribution < -0.4 is 11.5 Å². The van der Waals surface area contributed by atoms with E-state index in [0.717, 1.165) is 16.0 Å². The lowest BCUT2D eigenvalue weighted by molar-refractivity contribution is -0.387. The van der Waals surface area contributed by atoms with E-state index in [1.54, 1.807) is 6.07 Å². The molecule has 26 heavy (non-hydrogen) atoms. The van der Waals surface area contributed by atoms with Crippen molar-refractivity contribution in [3.05, 3.63) is 62.7 Å². The molecule has 0 spiro atoms. The van der Waals surface area contributed by atoms with Crippen molar-refractivity contribution in [2.45, 2.75) is 37.0 Å². The summed E-state index contributed by atoms with van der Waals surface area (Å²) in [5.41, 5.74) is 13.3. The summed E-state index contributed by atoms with van der Waals surface area (Å²) in [6.07, 6.45) is 0.513. The number of benzene rings is 2. The molecule has 0 saturated carbocycles. The molecule has 0 heterocycles. The van der Waals surface area contributed by atoms with Crippen LogP contribution in [0.5, 0.6) is 0 Å². The molecule has 0 bridgehead atoms. The number of carbonyl (C=O) groups is 1. The zero-order valence-corrected chi connectivity index (χ0v) is 15.6. The highest BCUT2D eigenvalue weighted by molar-refractivity contribution is 7.99. The molecule has 0 aliphatic carbocycles. The normalized spacial score (nSPS) is 10.4. The van der Waals surface area contributed by atoms with Crippen LogP contribution in [-0.4, -0.2) is 16.8 Å². The number of rotatable bonds is 5. The fourth-order valence-corrected chi connectivity index (χ4v) is 3.57. The minimum Gasteiger partial charge on any atom is -0.370 e. The molecule has 0 radical (unpaired) electrons. The number of hydrogen-bond acceptors (Lipinski definition) is 4. The van der Waals surface area contributed by atoms with Crippen molar-refractivity contribution in [2.24, 2.45) is 16.5 Å². The van der Waals surface area contributed by atoms with Gasteiger partial charge >= 0.3 is 0 Å². The molecule has 2 rings (SSSR count). The molecule has 2 aromatic rings. The summed E-state index contributed by atoms with van der Waals surface area (Å²) in [5, 5.41) is 11.5. The summed E-state index contributed by atoms with van der Waals surface area (Å²) >= 11 is 1.30. The fraction of sp³-hybridized carbons (Fsp3) is 0.222. The molecule has 136 valence electrons. The average Bonchev–Trinajstić information content (AvgIpc) is 2.55. The predicted molar refractivity (Wildman–Crippen MR) is 103 cm³/mol. The lowest BCUT2D eigenvalue weighted by Gasteiger charge is -2.11. The van der Waals surface area contributed by atoms with Crippen LogP contribution in [0, 0.1) is 24.0 Å². The zero-order valence-electron chi connectivity index (χ0n) is 14.8. The largest absolute Gasteiger partial charge is 0.370 e. The SMILES string of the molecule is CCc1cc(Sc2ccc(C)cc2C)c([N+](=O)[O-])cc1C(=O)N=C(N)N. The zero-order chi connectivity index (χ0) is 19.4. The summed E-state index contributed by atoms with van der Waals surface area (Å²) < 4.78 is 0. The third kappa shape index (κ3) is 4.40. The number of guanidine groups is 1. The average molecular weight is 372 g/mol. The molecule has 0 aromatic heterocycles. The van der Waals surface area contributed by atoms with Gasteiger partial charge in [0.1, 0.15) is 0 Å². The number of aryl methyl sites for hydroxylation is 3. The second-order valence-electron chi connectivity index (χ2n) is 5.80. The second-order valence-corrected chi connectivity index (χ2v) is 6.88. The molecule has 0 aliphatic rings. The third-order valence-electron chi connectivity index (χ3n) is 3.77. The Hall–Kier alpha value is -2.87. The van der Waals surface area contributed by atoms with Crippen LogP contribution in [0.15, 0.2) is 45.1 Å². The predicted octanol–water partition coefficient (Wildman–Crippen LogP) is 3.34. The standard InChI is InChI=1S/C18H20N4O3S/c1-4-12-8-16(26-15-6-5-10(2)7-11(15)3)14(22(24)25)9-13(12)17(23)21-18(19)20/h5-9H,4H2,1-3H3,(H4,19,20,21,23). The molecule has 4 N–H and O–H groups in total. The van der Waals surface area contributed by atoms with Gasteiger partial charge in [-0.15, -0.1) is 0 Å². The van der Waals surface area contributed by atoms with Crippen LogP contribution in [0.3, 0.4) is 0 Å². The first kappa shape index (κ1) is 19.5. The number of hydrogen-bond donors (Lipinski definition) is 2. The van der Waals surface area contributed by atoms with Gasteiger partial charge in [0.05, 0.1) is 15.4 Å². The lowest BCUT2D eigenvalue weighted by atomic mass is 10.0. The Bertz CT molecular complexity index is 906. The quantitative estimate of drug-likeness (QED) is 0.359. The van der Waals surface area contributed by atoms with E-state index in [2.05, 4.69) is 4.99 Å². The Morgan fingerprint density at radius 2 is 1.88 bits per heavy atom. The van der Waals surface area contributed by atoms with Crippen LogP contribution in [-0.2, 0) is 6.42 Å². The minimum atomic E-state index is -0.687. The van der Waals surface area contributed by atoms with Crippen LogP contribution in [0.25, 0.3) is 0 Å². The Morgan fingerprint density at radius 3 is 2.42 bits per heavy atom.